The van der Waals surface area contributed by atoms with E-state index in [1.54, 1.807) is 14.0 Å². The summed E-state index contributed by atoms with van der Waals surface area (Å²) in [6.07, 6.45) is 2.81. The van der Waals surface area contributed by atoms with Crippen LogP contribution >= 0.6 is 11.6 Å². The minimum atomic E-state index is -0.489. The highest BCUT2D eigenvalue weighted by molar-refractivity contribution is 6.28. The van der Waals surface area contributed by atoms with Crippen LogP contribution in [0.4, 0.5) is 11.5 Å². The summed E-state index contributed by atoms with van der Waals surface area (Å²) >= 11 is 5.76. The summed E-state index contributed by atoms with van der Waals surface area (Å²) < 4.78 is 5.27. The minimum absolute atomic E-state index is 0.00638. The van der Waals surface area contributed by atoms with Crippen molar-refractivity contribution in [1.82, 2.24) is 9.97 Å². The summed E-state index contributed by atoms with van der Waals surface area (Å²) in [4.78, 5) is 18.3. The van der Waals surface area contributed by atoms with E-state index in [1.165, 1.54) is 0 Å². The lowest BCUT2D eigenvalue weighted by atomic mass is 10.2. The van der Waals surface area contributed by atoms with Crippen LogP contribution in [0.25, 0.3) is 0 Å². The first-order valence-corrected chi connectivity index (χ1v) is 6.37. The average Bonchev–Trinajstić information content (AvgIpc) is 2.75. The number of aromatic nitrogens is 2. The van der Waals surface area contributed by atoms with Crippen LogP contribution < -0.4 is 5.32 Å². The Hall–Kier alpha value is -1.47. The minimum Gasteiger partial charge on any atom is -0.381 e. The molecule has 0 bridgehead atoms. The molecule has 2 rings (SSSR count). The van der Waals surface area contributed by atoms with Crippen molar-refractivity contribution >= 4 is 23.1 Å². The second-order valence-corrected chi connectivity index (χ2v) is 4.88. The highest BCUT2D eigenvalue weighted by Crippen LogP contribution is 2.30. The molecule has 0 spiro atoms. The number of hydrogen-bond donors (Lipinski definition) is 1. The molecular formula is C11H15ClN4O3. The molecular weight excluding hydrogens is 272 g/mol. The first-order chi connectivity index (χ1) is 9.01. The van der Waals surface area contributed by atoms with Gasteiger partial charge < -0.3 is 10.1 Å². The van der Waals surface area contributed by atoms with Crippen LogP contribution in [0.5, 0.6) is 0 Å². The van der Waals surface area contributed by atoms with E-state index in [0.717, 1.165) is 19.3 Å². The van der Waals surface area contributed by atoms with Gasteiger partial charge in [-0.05, 0) is 37.8 Å². The van der Waals surface area contributed by atoms with Crippen LogP contribution in [-0.4, -0.2) is 34.1 Å². The van der Waals surface area contributed by atoms with Gasteiger partial charge in [-0.15, -0.1) is 0 Å². The normalized spacial score (nSPS) is 22.5. The molecule has 104 valence electrons. The molecule has 1 aromatic rings. The van der Waals surface area contributed by atoms with Gasteiger partial charge in [0.25, 0.3) is 0 Å². The van der Waals surface area contributed by atoms with E-state index in [1.807, 2.05) is 0 Å². The number of rotatable bonds is 4. The van der Waals surface area contributed by atoms with E-state index in [-0.39, 0.29) is 34.6 Å². The quantitative estimate of drug-likeness (QED) is 0.519. The van der Waals surface area contributed by atoms with Crippen LogP contribution in [0, 0.1) is 17.0 Å². The molecule has 1 saturated carbocycles. The predicted molar refractivity (Wildman–Crippen MR) is 70.5 cm³/mol. The monoisotopic (exact) mass is 286 g/mol. The lowest BCUT2D eigenvalue weighted by molar-refractivity contribution is -0.385. The van der Waals surface area contributed by atoms with Crippen LogP contribution in [0.3, 0.4) is 0 Å². The van der Waals surface area contributed by atoms with Crippen molar-refractivity contribution in [3.05, 3.63) is 21.1 Å². The van der Waals surface area contributed by atoms with Crippen molar-refractivity contribution in [2.45, 2.75) is 38.3 Å². The third kappa shape index (κ3) is 3.10. The average molecular weight is 287 g/mol. The number of methoxy groups -OCH3 is 1. The van der Waals surface area contributed by atoms with Crippen molar-refractivity contribution < 1.29 is 9.66 Å². The van der Waals surface area contributed by atoms with Crippen molar-refractivity contribution in [2.75, 3.05) is 12.4 Å². The van der Waals surface area contributed by atoms with Crippen molar-refractivity contribution in [3.8, 4) is 0 Å². The number of ether oxygens (including phenoxy) is 1. The fourth-order valence-corrected chi connectivity index (χ4v) is 2.54. The lowest BCUT2D eigenvalue weighted by Gasteiger charge is -2.14. The molecule has 1 aliphatic rings. The van der Waals surface area contributed by atoms with E-state index in [0.29, 0.717) is 0 Å². The lowest BCUT2D eigenvalue weighted by Crippen LogP contribution is -2.19. The van der Waals surface area contributed by atoms with E-state index >= 15 is 0 Å². The molecule has 0 aliphatic heterocycles. The Balaban J connectivity index is 2.22. The van der Waals surface area contributed by atoms with Crippen molar-refractivity contribution in [3.63, 3.8) is 0 Å². The fraction of sp³-hybridized carbons (Fsp3) is 0.636. The third-order valence-corrected chi connectivity index (χ3v) is 3.44. The molecule has 0 aromatic carbocycles. The molecule has 1 N–H and O–H groups in total. The zero-order chi connectivity index (χ0) is 14.0. The molecule has 0 amide bonds. The molecule has 0 saturated heterocycles. The van der Waals surface area contributed by atoms with Gasteiger partial charge in [-0.1, -0.05) is 0 Å². The molecule has 2 unspecified atom stereocenters. The molecule has 8 heteroatoms. The Morgan fingerprint density at radius 3 is 2.79 bits per heavy atom. The van der Waals surface area contributed by atoms with Crippen molar-refractivity contribution in [1.29, 1.82) is 0 Å². The zero-order valence-electron chi connectivity index (χ0n) is 10.7. The maximum absolute atomic E-state index is 11.1. The maximum Gasteiger partial charge on any atom is 0.332 e. The molecule has 0 radical (unpaired) electrons. The van der Waals surface area contributed by atoms with Gasteiger partial charge in [0.15, 0.2) is 0 Å². The predicted octanol–water partition coefficient (Wildman–Crippen LogP) is 2.33. The summed E-state index contributed by atoms with van der Waals surface area (Å²) in [5.41, 5.74) is 0.138. The largest absolute Gasteiger partial charge is 0.381 e. The molecule has 2 atom stereocenters. The molecule has 1 fully saturated rings. The third-order valence-electron chi connectivity index (χ3n) is 3.27. The molecule has 1 aliphatic carbocycles. The van der Waals surface area contributed by atoms with E-state index < -0.39 is 4.92 Å². The Morgan fingerprint density at radius 2 is 2.21 bits per heavy atom. The Kier molecular flexibility index (Phi) is 4.16. The number of halogens is 1. The van der Waals surface area contributed by atoms with Crippen LogP contribution in [0.1, 0.15) is 25.0 Å². The number of hydrogen-bond acceptors (Lipinski definition) is 6. The highest BCUT2D eigenvalue weighted by Gasteiger charge is 2.28. The maximum atomic E-state index is 11.1. The van der Waals surface area contributed by atoms with Crippen LogP contribution in [0.15, 0.2) is 0 Å². The van der Waals surface area contributed by atoms with Crippen LogP contribution in [0.2, 0.25) is 5.28 Å². The topological polar surface area (TPSA) is 90.2 Å². The van der Waals surface area contributed by atoms with Gasteiger partial charge in [0, 0.05) is 13.2 Å². The van der Waals surface area contributed by atoms with Crippen molar-refractivity contribution in [2.24, 2.45) is 0 Å². The van der Waals surface area contributed by atoms with Gasteiger partial charge in [-0.25, -0.2) is 4.98 Å². The summed E-state index contributed by atoms with van der Waals surface area (Å²) in [7, 11) is 1.67. The fourth-order valence-electron chi connectivity index (χ4n) is 2.33. The van der Waals surface area contributed by atoms with Gasteiger partial charge in [0.05, 0.1) is 11.0 Å². The highest BCUT2D eigenvalue weighted by atomic mass is 35.5. The Labute approximate surface area is 115 Å². The number of nitrogens with one attached hydrogen (secondary N) is 1. The molecule has 1 heterocycles. The standard InChI is InChI=1S/C11H15ClN4O3/c1-6-9(16(17)18)10(15-11(12)13-6)14-7-3-4-8(5-7)19-2/h7-8H,3-5H2,1-2H3,(H,13,14,15). The van der Waals surface area contributed by atoms with E-state index in [2.05, 4.69) is 15.3 Å². The molecule has 19 heavy (non-hydrogen) atoms. The van der Waals surface area contributed by atoms with Crippen LogP contribution in [-0.2, 0) is 4.74 Å². The van der Waals surface area contributed by atoms with E-state index in [9.17, 15) is 10.1 Å². The summed E-state index contributed by atoms with van der Waals surface area (Å²) in [5.74, 6) is 0.184. The summed E-state index contributed by atoms with van der Waals surface area (Å²) in [6.45, 7) is 1.55. The van der Waals surface area contributed by atoms with E-state index in [4.69, 9.17) is 16.3 Å². The molecule has 1 aromatic heterocycles. The van der Waals surface area contributed by atoms with Gasteiger partial charge in [0.1, 0.15) is 5.69 Å². The van der Waals surface area contributed by atoms with Gasteiger partial charge >= 0.3 is 5.69 Å². The number of nitrogens with zero attached hydrogens (tertiary/aromatic N) is 3. The smallest absolute Gasteiger partial charge is 0.332 e. The SMILES string of the molecule is COC1CCC(Nc2nc(Cl)nc(C)c2[N+](=O)[O-])C1. The van der Waals surface area contributed by atoms with Gasteiger partial charge in [-0.2, -0.15) is 4.98 Å². The molecule has 7 nitrogen and oxygen atoms in total. The second-order valence-electron chi connectivity index (χ2n) is 4.54. The Bertz CT molecular complexity index is 497. The van der Waals surface area contributed by atoms with Gasteiger partial charge in [0.2, 0.25) is 11.1 Å². The number of aryl methyl sites for hydroxylation is 1. The first kappa shape index (κ1) is 14.0. The Morgan fingerprint density at radius 1 is 1.47 bits per heavy atom. The zero-order valence-corrected chi connectivity index (χ0v) is 11.5. The number of anilines is 1. The second kappa shape index (κ2) is 5.66. The summed E-state index contributed by atoms with van der Waals surface area (Å²) in [6, 6.07) is 0.106. The first-order valence-electron chi connectivity index (χ1n) is 5.99. The summed E-state index contributed by atoms with van der Waals surface area (Å²) in [5, 5.41) is 14.2. The number of nitro groups is 1. The van der Waals surface area contributed by atoms with Gasteiger partial charge in [-0.3, -0.25) is 10.1 Å².